The summed E-state index contributed by atoms with van der Waals surface area (Å²) in [5.74, 6) is 0. The lowest BCUT2D eigenvalue weighted by Crippen LogP contribution is -1.95. The summed E-state index contributed by atoms with van der Waals surface area (Å²) in [6, 6.07) is 0. The van der Waals surface area contributed by atoms with Gasteiger partial charge in [0.2, 0.25) is 20.8 Å². The number of hydrogen-bond donors (Lipinski definition) is 2. The Morgan fingerprint density at radius 2 is 0.864 bits per heavy atom. The second kappa shape index (κ2) is 12.6. The topological polar surface area (TPSA) is 209 Å². The molecule has 0 radical (unpaired) electrons. The molecule has 2 aromatic heterocycles. The van der Waals surface area contributed by atoms with Gasteiger partial charge in [-0.3, -0.25) is 19.1 Å². The monoisotopic (exact) mass is 356 g/mol. The zero-order chi connectivity index (χ0) is 17.5. The number of nitrogens with zero attached hydrogens (tertiary/aromatic N) is 2. The standard InChI is InChI=1S/2C4H4N2.2H2O4S/c2*1-2-6-4-3-5-1;2*1-5(2,3)4/h2*1-4H;2*(H2,1,2,3,4). The Morgan fingerprint density at radius 3 is 0.909 bits per heavy atom. The summed E-state index contributed by atoms with van der Waals surface area (Å²) in [6.07, 6.45) is 13.8. The van der Waals surface area contributed by atoms with Gasteiger partial charge in [0.25, 0.3) is 0 Å². The molecule has 14 heteroatoms. The Kier molecular flexibility index (Phi) is 12.7. The van der Waals surface area contributed by atoms with E-state index < -0.39 is 20.8 Å². The first-order chi connectivity index (χ1) is 10.0. The average molecular weight is 356 g/mol. The summed E-state index contributed by atoms with van der Waals surface area (Å²) >= 11 is 0. The maximum atomic E-state index is 8.63. The first-order valence-electron chi connectivity index (χ1n) is 4.89. The lowest BCUT2D eigenvalue weighted by atomic mass is 10.8. The van der Waals surface area contributed by atoms with E-state index in [0.29, 0.717) is 0 Å². The van der Waals surface area contributed by atoms with Crippen molar-refractivity contribution in [2.75, 3.05) is 0 Å². The molecule has 0 atom stereocenters. The van der Waals surface area contributed by atoms with Crippen molar-refractivity contribution in [3.8, 4) is 0 Å². The summed E-state index contributed by atoms with van der Waals surface area (Å²) in [5.41, 5.74) is 0. The highest BCUT2D eigenvalue weighted by Gasteiger charge is 1.68. The molecule has 0 aliphatic carbocycles. The van der Waals surface area contributed by atoms with E-state index in [-0.39, 0.29) is 0 Å². The molecule has 4 N–H and O–H groups in total. The SMILES string of the molecule is O=S(=O)([O-])O.O=S(=O)([O-])O.c1c[nH+]ccn1.c1c[nH+]ccn1. The first-order valence-corrected chi connectivity index (χ1v) is 7.62. The molecule has 124 valence electrons. The van der Waals surface area contributed by atoms with E-state index in [0.717, 1.165) is 0 Å². The largest absolute Gasteiger partial charge is 0.726 e. The smallest absolute Gasteiger partial charge is 0.215 e. The molecule has 0 saturated heterocycles. The zero-order valence-corrected chi connectivity index (χ0v) is 12.3. The van der Waals surface area contributed by atoms with Gasteiger partial charge in [0.15, 0.2) is 24.8 Å². The molecule has 12 nitrogen and oxygen atoms in total. The molecular formula is C8H12N4O8S2. The fraction of sp³-hybridized carbons (Fsp3) is 0. The van der Waals surface area contributed by atoms with Crippen LogP contribution in [-0.4, -0.2) is 45.0 Å². The van der Waals surface area contributed by atoms with E-state index in [2.05, 4.69) is 19.9 Å². The van der Waals surface area contributed by atoms with Gasteiger partial charge < -0.3 is 9.11 Å². The van der Waals surface area contributed by atoms with E-state index >= 15 is 0 Å². The minimum absolute atomic E-state index is 1.69. The fourth-order valence-electron chi connectivity index (χ4n) is 0.555. The predicted octanol–water partition coefficient (Wildman–Crippen LogP) is -2.20. The number of aromatic amines is 2. The Balaban J connectivity index is 0. The van der Waals surface area contributed by atoms with Crippen LogP contribution < -0.4 is 9.97 Å². The molecule has 0 spiro atoms. The van der Waals surface area contributed by atoms with E-state index in [9.17, 15) is 0 Å². The van der Waals surface area contributed by atoms with Crippen molar-refractivity contribution in [2.45, 2.75) is 0 Å². The van der Waals surface area contributed by atoms with Gasteiger partial charge in [-0.05, 0) is 0 Å². The van der Waals surface area contributed by atoms with Crippen molar-refractivity contribution < 1.29 is 45.0 Å². The van der Waals surface area contributed by atoms with Gasteiger partial charge in [-0.1, -0.05) is 0 Å². The molecule has 0 aliphatic rings. The van der Waals surface area contributed by atoms with Gasteiger partial charge in [0.1, 0.15) is 0 Å². The summed E-state index contributed by atoms with van der Waals surface area (Å²) in [7, 11) is -9.83. The van der Waals surface area contributed by atoms with Crippen molar-refractivity contribution in [2.24, 2.45) is 0 Å². The highest BCUT2D eigenvalue weighted by molar-refractivity contribution is 7.80. The van der Waals surface area contributed by atoms with Crippen molar-refractivity contribution in [3.63, 3.8) is 0 Å². The van der Waals surface area contributed by atoms with E-state index in [1.807, 2.05) is 0 Å². The molecule has 2 rings (SSSR count). The Morgan fingerprint density at radius 1 is 0.682 bits per heavy atom. The van der Waals surface area contributed by atoms with Gasteiger partial charge in [-0.2, -0.15) is 0 Å². The van der Waals surface area contributed by atoms with Crippen LogP contribution in [0.5, 0.6) is 0 Å². The molecule has 22 heavy (non-hydrogen) atoms. The minimum atomic E-state index is -4.92. The maximum Gasteiger partial charge on any atom is 0.215 e. The second-order valence-electron chi connectivity index (χ2n) is 2.75. The minimum Gasteiger partial charge on any atom is -0.726 e. The van der Waals surface area contributed by atoms with E-state index in [1.54, 1.807) is 49.6 Å². The summed E-state index contributed by atoms with van der Waals surface area (Å²) in [6.45, 7) is 0. The molecule has 0 saturated carbocycles. The van der Waals surface area contributed by atoms with Crippen molar-refractivity contribution in [1.29, 1.82) is 0 Å². The quantitative estimate of drug-likeness (QED) is 0.384. The van der Waals surface area contributed by atoms with Crippen LogP contribution in [0.4, 0.5) is 0 Å². The van der Waals surface area contributed by atoms with Crippen molar-refractivity contribution in [3.05, 3.63) is 49.6 Å². The van der Waals surface area contributed by atoms with Crippen LogP contribution in [0.1, 0.15) is 0 Å². The normalized spacial score (nSPS) is 9.64. The molecule has 0 unspecified atom stereocenters. The van der Waals surface area contributed by atoms with Gasteiger partial charge in [-0.25, -0.2) is 26.8 Å². The maximum absolute atomic E-state index is 8.63. The van der Waals surface area contributed by atoms with Crippen LogP contribution >= 0.6 is 0 Å². The van der Waals surface area contributed by atoms with Crippen LogP contribution in [0.25, 0.3) is 0 Å². The van der Waals surface area contributed by atoms with Crippen LogP contribution in [0.15, 0.2) is 49.6 Å². The second-order valence-corrected chi connectivity index (χ2v) is 4.46. The van der Waals surface area contributed by atoms with Gasteiger partial charge in [0, 0.05) is 0 Å². The molecule has 2 heterocycles. The Bertz CT molecular complexity index is 535. The molecule has 0 bridgehead atoms. The van der Waals surface area contributed by atoms with Crippen molar-refractivity contribution >= 4 is 20.8 Å². The molecular weight excluding hydrogens is 344 g/mol. The molecule has 0 amide bonds. The third-order valence-electron chi connectivity index (χ3n) is 1.03. The lowest BCUT2D eigenvalue weighted by molar-refractivity contribution is -0.379. The highest BCUT2D eigenvalue weighted by Crippen LogP contribution is 1.60. The number of nitrogens with one attached hydrogen (secondary N) is 2. The number of aromatic nitrogens is 4. The summed E-state index contributed by atoms with van der Waals surface area (Å²) < 4.78 is 65.7. The van der Waals surface area contributed by atoms with Crippen LogP contribution in [-0.2, 0) is 20.8 Å². The average Bonchev–Trinajstić information content (AvgIpc) is 2.40. The summed E-state index contributed by atoms with van der Waals surface area (Å²) in [4.78, 5) is 13.2. The number of rotatable bonds is 0. The predicted molar refractivity (Wildman–Crippen MR) is 66.2 cm³/mol. The fourth-order valence-corrected chi connectivity index (χ4v) is 0.555. The summed E-state index contributed by atoms with van der Waals surface area (Å²) in [5, 5.41) is 0. The van der Waals surface area contributed by atoms with E-state index in [1.165, 1.54) is 0 Å². The Labute approximate surface area is 126 Å². The third-order valence-corrected chi connectivity index (χ3v) is 1.03. The molecule has 0 aromatic carbocycles. The molecule has 0 aliphatic heterocycles. The van der Waals surface area contributed by atoms with E-state index in [4.69, 9.17) is 35.0 Å². The highest BCUT2D eigenvalue weighted by atomic mass is 32.3. The van der Waals surface area contributed by atoms with Gasteiger partial charge in [0.05, 0.1) is 24.8 Å². The van der Waals surface area contributed by atoms with Gasteiger partial charge in [-0.15, -0.1) is 0 Å². The van der Waals surface area contributed by atoms with Crippen LogP contribution in [0.3, 0.4) is 0 Å². The molecule has 0 fully saturated rings. The van der Waals surface area contributed by atoms with Crippen molar-refractivity contribution in [1.82, 2.24) is 9.97 Å². The number of H-pyrrole nitrogens is 2. The lowest BCUT2D eigenvalue weighted by Gasteiger charge is -1.88. The number of hydrogen-bond acceptors (Lipinski definition) is 8. The van der Waals surface area contributed by atoms with Gasteiger partial charge >= 0.3 is 0 Å². The Hall–Kier alpha value is -2.10. The van der Waals surface area contributed by atoms with Crippen LogP contribution in [0.2, 0.25) is 0 Å². The zero-order valence-electron chi connectivity index (χ0n) is 10.7. The molecule has 2 aromatic rings. The first kappa shape index (κ1) is 22.2. The van der Waals surface area contributed by atoms with Crippen LogP contribution in [0, 0.1) is 0 Å². The third kappa shape index (κ3) is 52.2.